The SMILES string of the molecule is O=C(Cc1cccs1)C1=C(O)S(=O)(=O)c2ccccc21. The molecule has 0 spiro atoms. The fraction of sp³-hybridized carbons (Fsp3) is 0.0714. The zero-order valence-corrected chi connectivity index (χ0v) is 11.9. The maximum absolute atomic E-state index is 12.3. The first kappa shape index (κ1) is 13.1. The van der Waals surface area contributed by atoms with Gasteiger partial charge in [-0.1, -0.05) is 24.3 Å². The van der Waals surface area contributed by atoms with Crippen molar-refractivity contribution in [3.8, 4) is 0 Å². The number of hydrogen-bond acceptors (Lipinski definition) is 5. The predicted molar refractivity (Wildman–Crippen MR) is 76.2 cm³/mol. The lowest BCUT2D eigenvalue weighted by molar-refractivity contribution is -0.113. The van der Waals surface area contributed by atoms with Gasteiger partial charge in [-0.2, -0.15) is 0 Å². The molecule has 0 bridgehead atoms. The number of carbonyl (C=O) groups excluding carboxylic acids is 1. The van der Waals surface area contributed by atoms with Crippen LogP contribution in [0.4, 0.5) is 0 Å². The molecule has 0 unspecified atom stereocenters. The van der Waals surface area contributed by atoms with Crippen LogP contribution < -0.4 is 0 Å². The van der Waals surface area contributed by atoms with Gasteiger partial charge in [0.1, 0.15) is 0 Å². The number of benzene rings is 1. The van der Waals surface area contributed by atoms with Crippen LogP contribution in [0.3, 0.4) is 0 Å². The van der Waals surface area contributed by atoms with Crippen molar-refractivity contribution >= 4 is 32.5 Å². The third-order valence-electron chi connectivity index (χ3n) is 3.11. The predicted octanol–water partition coefficient (Wildman–Crippen LogP) is 2.57. The Bertz CT molecular complexity index is 815. The van der Waals surface area contributed by atoms with Crippen molar-refractivity contribution < 1.29 is 18.3 Å². The van der Waals surface area contributed by atoms with Gasteiger partial charge in [0.2, 0.25) is 14.9 Å². The summed E-state index contributed by atoms with van der Waals surface area (Å²) >= 11 is 1.42. The van der Waals surface area contributed by atoms with Gasteiger partial charge in [-0.05, 0) is 17.5 Å². The maximum Gasteiger partial charge on any atom is 0.240 e. The van der Waals surface area contributed by atoms with Crippen LogP contribution in [-0.4, -0.2) is 19.3 Å². The third-order valence-corrected chi connectivity index (χ3v) is 5.63. The molecule has 1 aliphatic heterocycles. The van der Waals surface area contributed by atoms with E-state index in [1.807, 2.05) is 11.4 Å². The number of rotatable bonds is 3. The van der Waals surface area contributed by atoms with Gasteiger partial charge in [0.15, 0.2) is 5.78 Å². The second-order valence-corrected chi connectivity index (χ2v) is 7.22. The lowest BCUT2D eigenvalue weighted by atomic mass is 10.0. The Morgan fingerprint density at radius 3 is 2.60 bits per heavy atom. The molecule has 0 amide bonds. The number of aliphatic hydroxyl groups is 1. The molecule has 20 heavy (non-hydrogen) atoms. The monoisotopic (exact) mass is 306 g/mol. The fourth-order valence-corrected chi connectivity index (χ4v) is 4.31. The van der Waals surface area contributed by atoms with E-state index in [1.165, 1.54) is 23.5 Å². The first-order chi connectivity index (χ1) is 9.51. The van der Waals surface area contributed by atoms with Crippen molar-refractivity contribution in [3.63, 3.8) is 0 Å². The van der Waals surface area contributed by atoms with Gasteiger partial charge < -0.3 is 5.11 Å². The highest BCUT2D eigenvalue weighted by Crippen LogP contribution is 2.38. The van der Waals surface area contributed by atoms with E-state index in [1.54, 1.807) is 18.2 Å². The molecule has 3 rings (SSSR count). The molecule has 0 radical (unpaired) electrons. The van der Waals surface area contributed by atoms with E-state index in [4.69, 9.17) is 0 Å². The Kier molecular flexibility index (Phi) is 2.99. The first-order valence-corrected chi connectivity index (χ1v) is 8.21. The summed E-state index contributed by atoms with van der Waals surface area (Å²) in [7, 11) is -3.94. The fourth-order valence-electron chi connectivity index (χ4n) is 2.19. The second-order valence-electron chi connectivity index (χ2n) is 4.36. The highest BCUT2D eigenvalue weighted by atomic mass is 32.2. The van der Waals surface area contributed by atoms with Crippen molar-refractivity contribution in [1.82, 2.24) is 0 Å². The summed E-state index contributed by atoms with van der Waals surface area (Å²) in [5.41, 5.74) is 0.181. The molecular formula is C14H10O4S2. The molecular weight excluding hydrogens is 296 g/mol. The molecule has 102 valence electrons. The smallest absolute Gasteiger partial charge is 0.240 e. The molecule has 0 aliphatic carbocycles. The topological polar surface area (TPSA) is 71.4 Å². The normalized spacial score (nSPS) is 16.2. The number of Topliss-reactive ketones (excluding diaryl/α,β-unsaturated/α-hetero) is 1. The van der Waals surface area contributed by atoms with E-state index >= 15 is 0 Å². The van der Waals surface area contributed by atoms with E-state index in [2.05, 4.69) is 0 Å². The molecule has 2 heterocycles. The standard InChI is InChI=1S/C14H10O4S2/c15-11(8-9-4-3-7-19-9)13-10-5-1-2-6-12(10)20(17,18)14(13)16/h1-7,16H,8H2. The van der Waals surface area contributed by atoms with Gasteiger partial charge in [0, 0.05) is 16.9 Å². The number of ketones is 1. The van der Waals surface area contributed by atoms with Crippen LogP contribution in [0.15, 0.2) is 51.8 Å². The quantitative estimate of drug-likeness (QED) is 0.946. The van der Waals surface area contributed by atoms with Crippen LogP contribution in [0.2, 0.25) is 0 Å². The summed E-state index contributed by atoms with van der Waals surface area (Å²) in [4.78, 5) is 13.1. The highest BCUT2D eigenvalue weighted by Gasteiger charge is 2.38. The number of carbonyl (C=O) groups is 1. The van der Waals surface area contributed by atoms with Crippen molar-refractivity contribution in [1.29, 1.82) is 0 Å². The van der Waals surface area contributed by atoms with Gasteiger partial charge >= 0.3 is 0 Å². The molecule has 4 nitrogen and oxygen atoms in total. The van der Waals surface area contributed by atoms with Gasteiger partial charge in [-0.3, -0.25) is 4.79 Å². The molecule has 1 N–H and O–H groups in total. The Hall–Kier alpha value is -1.92. The molecule has 0 saturated carbocycles. The highest BCUT2D eigenvalue weighted by molar-refractivity contribution is 7.95. The zero-order valence-electron chi connectivity index (χ0n) is 10.2. The minimum atomic E-state index is -3.94. The first-order valence-electron chi connectivity index (χ1n) is 5.85. The summed E-state index contributed by atoms with van der Waals surface area (Å²) in [6, 6.07) is 9.77. The number of aliphatic hydroxyl groups excluding tert-OH is 1. The average Bonchev–Trinajstić information content (AvgIpc) is 2.98. The van der Waals surface area contributed by atoms with Gasteiger partial charge in [0.05, 0.1) is 10.5 Å². The molecule has 0 saturated heterocycles. The van der Waals surface area contributed by atoms with Gasteiger partial charge in [0.25, 0.3) is 0 Å². The van der Waals surface area contributed by atoms with E-state index in [0.29, 0.717) is 0 Å². The number of hydrogen-bond donors (Lipinski definition) is 1. The van der Waals surface area contributed by atoms with Crippen LogP contribution in [0, 0.1) is 0 Å². The van der Waals surface area contributed by atoms with Crippen LogP contribution >= 0.6 is 11.3 Å². The summed E-state index contributed by atoms with van der Waals surface area (Å²) in [6.07, 6.45) is 0.0842. The second kappa shape index (κ2) is 4.57. The van der Waals surface area contributed by atoms with Gasteiger partial charge in [-0.15, -0.1) is 11.3 Å². The summed E-state index contributed by atoms with van der Waals surface area (Å²) in [5.74, 6) is -0.390. The van der Waals surface area contributed by atoms with E-state index < -0.39 is 20.7 Å². The largest absolute Gasteiger partial charge is 0.498 e. The molecule has 0 fully saturated rings. The lowest BCUT2D eigenvalue weighted by Gasteiger charge is -2.02. The maximum atomic E-state index is 12.3. The molecule has 6 heteroatoms. The van der Waals surface area contributed by atoms with Crippen LogP contribution in [0.5, 0.6) is 0 Å². The molecule has 1 aromatic carbocycles. The summed E-state index contributed by atoms with van der Waals surface area (Å²) in [5, 5.41) is 10.9. The van der Waals surface area contributed by atoms with Crippen LogP contribution in [0.25, 0.3) is 5.57 Å². The Morgan fingerprint density at radius 1 is 1.15 bits per heavy atom. The Balaban J connectivity index is 2.09. The average molecular weight is 306 g/mol. The number of sulfone groups is 1. The zero-order chi connectivity index (χ0) is 14.3. The van der Waals surface area contributed by atoms with Crippen LogP contribution in [0.1, 0.15) is 10.4 Å². The van der Waals surface area contributed by atoms with Gasteiger partial charge in [-0.25, -0.2) is 8.42 Å². The van der Waals surface area contributed by atoms with Crippen molar-refractivity contribution in [2.75, 3.05) is 0 Å². The number of thiophene rings is 1. The molecule has 0 atom stereocenters. The minimum absolute atomic E-state index is 0.00738. The van der Waals surface area contributed by atoms with E-state index in [-0.39, 0.29) is 22.5 Å². The summed E-state index contributed by atoms with van der Waals surface area (Å²) in [6.45, 7) is 0. The van der Waals surface area contributed by atoms with Crippen molar-refractivity contribution in [3.05, 3.63) is 57.3 Å². The Morgan fingerprint density at radius 2 is 1.90 bits per heavy atom. The molecule has 2 aromatic rings. The van der Waals surface area contributed by atoms with E-state index in [0.717, 1.165) is 4.88 Å². The molecule has 1 aliphatic rings. The van der Waals surface area contributed by atoms with Crippen LogP contribution in [-0.2, 0) is 21.1 Å². The minimum Gasteiger partial charge on any atom is -0.498 e. The number of allylic oxidation sites excluding steroid dienone is 1. The summed E-state index contributed by atoms with van der Waals surface area (Å²) < 4.78 is 24.1. The lowest BCUT2D eigenvalue weighted by Crippen LogP contribution is -2.06. The van der Waals surface area contributed by atoms with E-state index in [9.17, 15) is 18.3 Å². The molecule has 1 aromatic heterocycles. The third kappa shape index (κ3) is 1.88. The Labute approximate surface area is 119 Å². The van der Waals surface area contributed by atoms with Crippen molar-refractivity contribution in [2.24, 2.45) is 0 Å². The van der Waals surface area contributed by atoms with Crippen molar-refractivity contribution in [2.45, 2.75) is 11.3 Å². The number of fused-ring (bicyclic) bond motifs is 1.